The lowest BCUT2D eigenvalue weighted by atomic mass is 10.2. The molecule has 1 rings (SSSR count). The summed E-state index contributed by atoms with van der Waals surface area (Å²) in [6, 6.07) is 1.58. The van der Waals surface area contributed by atoms with E-state index in [1.807, 2.05) is 0 Å². The summed E-state index contributed by atoms with van der Waals surface area (Å²) in [5, 5.41) is 15.1. The van der Waals surface area contributed by atoms with Crippen LogP contribution in [0.3, 0.4) is 0 Å². The Morgan fingerprint density at radius 1 is 1.47 bits per heavy atom. The molecule has 0 saturated heterocycles. The molecule has 0 aliphatic heterocycles. The Bertz CT molecular complexity index is 387. The lowest BCUT2D eigenvalue weighted by Crippen LogP contribution is -2.13. The second-order valence-electron chi connectivity index (χ2n) is 3.80. The van der Waals surface area contributed by atoms with Gasteiger partial charge in [0.25, 0.3) is 0 Å². The molecule has 0 spiro atoms. The molecule has 0 atom stereocenters. The zero-order valence-electron chi connectivity index (χ0n) is 9.85. The van der Waals surface area contributed by atoms with Gasteiger partial charge in [-0.05, 0) is 6.42 Å². The largest absolute Gasteiger partial charge is 0.480 e. The van der Waals surface area contributed by atoms with E-state index in [0.29, 0.717) is 12.2 Å². The molecule has 6 nitrogen and oxygen atoms in total. The normalized spacial score (nSPS) is 10.2. The van der Waals surface area contributed by atoms with E-state index in [9.17, 15) is 9.59 Å². The lowest BCUT2D eigenvalue weighted by Gasteiger charge is -2.01. The standard InChI is InChI=1S/C11H17N3O3/c1-2-3-4-5-10(15)12-9-6-7-14(13-9)8-11(16)17/h6-7H,2-5,8H2,1H3,(H,16,17)(H,12,13,15). The first kappa shape index (κ1) is 13.2. The van der Waals surface area contributed by atoms with Crippen LogP contribution in [0.25, 0.3) is 0 Å². The zero-order chi connectivity index (χ0) is 12.7. The number of amides is 1. The van der Waals surface area contributed by atoms with Crippen LogP contribution in [-0.4, -0.2) is 26.8 Å². The SMILES string of the molecule is CCCCCC(=O)Nc1ccn(CC(=O)O)n1. The van der Waals surface area contributed by atoms with Gasteiger partial charge in [-0.3, -0.25) is 14.3 Å². The molecule has 1 heterocycles. The van der Waals surface area contributed by atoms with Crippen molar-refractivity contribution in [1.82, 2.24) is 9.78 Å². The van der Waals surface area contributed by atoms with Gasteiger partial charge in [0.2, 0.25) is 5.91 Å². The summed E-state index contributed by atoms with van der Waals surface area (Å²) in [4.78, 5) is 21.9. The number of anilines is 1. The molecule has 0 aromatic carbocycles. The van der Waals surface area contributed by atoms with Gasteiger partial charge in [-0.15, -0.1) is 0 Å². The number of rotatable bonds is 7. The molecule has 0 fully saturated rings. The molecule has 1 aromatic rings. The molecule has 6 heteroatoms. The average molecular weight is 239 g/mol. The Kier molecular flexibility index (Phi) is 5.19. The van der Waals surface area contributed by atoms with Crippen molar-refractivity contribution in [2.45, 2.75) is 39.2 Å². The van der Waals surface area contributed by atoms with E-state index in [4.69, 9.17) is 5.11 Å². The van der Waals surface area contributed by atoms with Crippen molar-refractivity contribution in [2.75, 3.05) is 5.32 Å². The van der Waals surface area contributed by atoms with Crippen molar-refractivity contribution < 1.29 is 14.7 Å². The van der Waals surface area contributed by atoms with Gasteiger partial charge >= 0.3 is 5.97 Å². The summed E-state index contributed by atoms with van der Waals surface area (Å²) in [5.41, 5.74) is 0. The maximum atomic E-state index is 11.4. The number of carboxylic acid groups (broad SMARTS) is 1. The number of unbranched alkanes of at least 4 members (excludes halogenated alkanes) is 2. The van der Waals surface area contributed by atoms with Crippen LogP contribution in [0.4, 0.5) is 5.82 Å². The van der Waals surface area contributed by atoms with Crippen molar-refractivity contribution in [3.8, 4) is 0 Å². The van der Waals surface area contributed by atoms with Crippen molar-refractivity contribution >= 4 is 17.7 Å². The quantitative estimate of drug-likeness (QED) is 0.706. The van der Waals surface area contributed by atoms with Crippen LogP contribution < -0.4 is 5.32 Å². The minimum atomic E-state index is -0.964. The molecular weight excluding hydrogens is 222 g/mol. The van der Waals surface area contributed by atoms with Gasteiger partial charge in [0.05, 0.1) is 0 Å². The molecule has 94 valence electrons. The minimum absolute atomic E-state index is 0.0842. The predicted molar refractivity (Wildman–Crippen MR) is 62.6 cm³/mol. The maximum Gasteiger partial charge on any atom is 0.325 e. The third kappa shape index (κ3) is 5.14. The number of aromatic nitrogens is 2. The highest BCUT2D eigenvalue weighted by Gasteiger charge is 2.06. The summed E-state index contributed by atoms with van der Waals surface area (Å²) >= 11 is 0. The number of hydrogen-bond donors (Lipinski definition) is 2. The fourth-order valence-electron chi connectivity index (χ4n) is 1.40. The topological polar surface area (TPSA) is 84.2 Å². The van der Waals surface area contributed by atoms with E-state index >= 15 is 0 Å². The number of aliphatic carboxylic acids is 1. The highest BCUT2D eigenvalue weighted by Crippen LogP contribution is 2.05. The third-order valence-electron chi connectivity index (χ3n) is 2.21. The molecule has 0 radical (unpaired) electrons. The molecule has 2 N–H and O–H groups in total. The van der Waals surface area contributed by atoms with Crippen molar-refractivity contribution in [3.05, 3.63) is 12.3 Å². The minimum Gasteiger partial charge on any atom is -0.480 e. The Hall–Kier alpha value is -1.85. The van der Waals surface area contributed by atoms with Crippen LogP contribution in [0, 0.1) is 0 Å². The summed E-state index contributed by atoms with van der Waals surface area (Å²) in [5.74, 6) is -0.652. The van der Waals surface area contributed by atoms with E-state index in [1.54, 1.807) is 6.07 Å². The van der Waals surface area contributed by atoms with Gasteiger partial charge < -0.3 is 10.4 Å². The van der Waals surface area contributed by atoms with Gasteiger partial charge in [0.1, 0.15) is 6.54 Å². The fraction of sp³-hybridized carbons (Fsp3) is 0.545. The lowest BCUT2D eigenvalue weighted by molar-refractivity contribution is -0.137. The van der Waals surface area contributed by atoms with Crippen molar-refractivity contribution in [3.63, 3.8) is 0 Å². The van der Waals surface area contributed by atoms with Crippen LogP contribution in [0.15, 0.2) is 12.3 Å². The van der Waals surface area contributed by atoms with Crippen molar-refractivity contribution in [2.24, 2.45) is 0 Å². The molecule has 0 aliphatic rings. The van der Waals surface area contributed by atoms with Gasteiger partial charge in [-0.25, -0.2) is 0 Å². The summed E-state index contributed by atoms with van der Waals surface area (Å²) in [7, 11) is 0. The average Bonchev–Trinajstić information content (AvgIpc) is 2.64. The number of carbonyl (C=O) groups excluding carboxylic acids is 1. The second kappa shape index (κ2) is 6.67. The van der Waals surface area contributed by atoms with Gasteiger partial charge in [0, 0.05) is 18.7 Å². The third-order valence-corrected chi connectivity index (χ3v) is 2.21. The fourth-order valence-corrected chi connectivity index (χ4v) is 1.40. The van der Waals surface area contributed by atoms with E-state index in [0.717, 1.165) is 19.3 Å². The molecule has 0 bridgehead atoms. The molecule has 0 saturated carbocycles. The molecule has 17 heavy (non-hydrogen) atoms. The van der Waals surface area contributed by atoms with Gasteiger partial charge in [-0.2, -0.15) is 5.10 Å². The van der Waals surface area contributed by atoms with Gasteiger partial charge in [0.15, 0.2) is 5.82 Å². The van der Waals surface area contributed by atoms with E-state index in [1.165, 1.54) is 10.9 Å². The van der Waals surface area contributed by atoms with Crippen LogP contribution in [0.5, 0.6) is 0 Å². The highest BCUT2D eigenvalue weighted by molar-refractivity contribution is 5.89. The Morgan fingerprint density at radius 2 is 2.24 bits per heavy atom. The maximum absolute atomic E-state index is 11.4. The Morgan fingerprint density at radius 3 is 2.88 bits per heavy atom. The first-order valence-corrected chi connectivity index (χ1v) is 5.67. The second-order valence-corrected chi connectivity index (χ2v) is 3.80. The monoisotopic (exact) mass is 239 g/mol. The molecule has 0 aliphatic carbocycles. The van der Waals surface area contributed by atoms with E-state index < -0.39 is 5.97 Å². The van der Waals surface area contributed by atoms with Crippen molar-refractivity contribution in [1.29, 1.82) is 0 Å². The first-order chi connectivity index (χ1) is 8.11. The molecular formula is C11H17N3O3. The zero-order valence-corrected chi connectivity index (χ0v) is 9.85. The van der Waals surface area contributed by atoms with Gasteiger partial charge in [-0.1, -0.05) is 19.8 Å². The Labute approximate surface area is 99.6 Å². The van der Waals surface area contributed by atoms with Crippen LogP contribution in [0.2, 0.25) is 0 Å². The highest BCUT2D eigenvalue weighted by atomic mass is 16.4. The molecule has 1 amide bonds. The predicted octanol–water partition coefficient (Wildman–Crippen LogP) is 1.49. The molecule has 0 unspecified atom stereocenters. The number of hydrogen-bond acceptors (Lipinski definition) is 3. The summed E-state index contributed by atoms with van der Waals surface area (Å²) in [6.07, 6.45) is 4.95. The summed E-state index contributed by atoms with van der Waals surface area (Å²) in [6.45, 7) is 1.87. The summed E-state index contributed by atoms with van der Waals surface area (Å²) < 4.78 is 1.27. The number of nitrogens with one attached hydrogen (secondary N) is 1. The first-order valence-electron chi connectivity index (χ1n) is 5.67. The van der Waals surface area contributed by atoms with E-state index in [-0.39, 0.29) is 12.5 Å². The number of carbonyl (C=O) groups is 2. The van der Waals surface area contributed by atoms with Crippen LogP contribution in [-0.2, 0) is 16.1 Å². The Balaban J connectivity index is 2.38. The molecule has 1 aromatic heterocycles. The number of nitrogens with zero attached hydrogens (tertiary/aromatic N) is 2. The van der Waals surface area contributed by atoms with E-state index in [2.05, 4.69) is 17.3 Å². The van der Waals surface area contributed by atoms with Crippen LogP contribution >= 0.6 is 0 Å². The number of carboxylic acids is 1. The smallest absolute Gasteiger partial charge is 0.325 e. The van der Waals surface area contributed by atoms with Crippen LogP contribution in [0.1, 0.15) is 32.6 Å².